The number of amides is 1. The molecule has 2 heterocycles. The number of nitrogens with zero attached hydrogens (tertiary/aromatic N) is 1. The Morgan fingerprint density at radius 3 is 2.36 bits per heavy atom. The van der Waals surface area contributed by atoms with E-state index in [4.69, 9.17) is 9.47 Å². The molecule has 2 aliphatic heterocycles. The van der Waals surface area contributed by atoms with Gasteiger partial charge < -0.3 is 24.4 Å². The van der Waals surface area contributed by atoms with E-state index in [1.807, 2.05) is 54.6 Å². The molecule has 0 spiro atoms. The number of ether oxygens (including phenoxy) is 2. The average molecular weight is 593 g/mol. The third-order valence-electron chi connectivity index (χ3n) is 7.23. The van der Waals surface area contributed by atoms with Crippen molar-refractivity contribution in [1.82, 2.24) is 4.90 Å². The molecule has 5 rings (SSSR count). The first-order chi connectivity index (χ1) is 19.0. The summed E-state index contributed by atoms with van der Waals surface area (Å²) in [6.45, 7) is 5.11. The van der Waals surface area contributed by atoms with Crippen LogP contribution in [0.3, 0.4) is 0 Å². The van der Waals surface area contributed by atoms with E-state index in [9.17, 15) is 14.7 Å². The number of likely N-dealkylation sites (tertiary alicyclic amines) is 1. The molecule has 0 radical (unpaired) electrons. The molecular weight excluding hydrogens is 560 g/mol. The lowest BCUT2D eigenvalue weighted by atomic mass is 9.95. The predicted molar refractivity (Wildman–Crippen MR) is 151 cm³/mol. The fourth-order valence-electron chi connectivity index (χ4n) is 5.12. The van der Waals surface area contributed by atoms with E-state index < -0.39 is 17.7 Å². The molecule has 0 saturated carbocycles. The molecule has 3 aromatic rings. The SMILES string of the molecule is O=C1C(=O)N(CCC[NH+]2CCOCC2)[C@H](c2ccc(OCc3ccccc3)cc2)C1=C(O)c1ccc(Br)cc1. The Bertz CT molecular complexity index is 1320. The topological polar surface area (TPSA) is 80.5 Å². The van der Waals surface area contributed by atoms with E-state index in [0.717, 1.165) is 54.9 Å². The zero-order valence-electron chi connectivity index (χ0n) is 21.6. The number of quaternary nitrogens is 1. The molecule has 2 saturated heterocycles. The Morgan fingerprint density at radius 2 is 1.67 bits per heavy atom. The monoisotopic (exact) mass is 591 g/mol. The molecule has 1 amide bonds. The summed E-state index contributed by atoms with van der Waals surface area (Å²) in [5, 5.41) is 11.3. The number of carbonyl (C=O) groups excluding carboxylic acids is 2. The zero-order valence-corrected chi connectivity index (χ0v) is 23.2. The van der Waals surface area contributed by atoms with Gasteiger partial charge in [0, 0.05) is 23.0 Å². The Kier molecular flexibility index (Phi) is 8.76. The van der Waals surface area contributed by atoms with Crippen molar-refractivity contribution in [3.63, 3.8) is 0 Å². The Balaban J connectivity index is 1.41. The summed E-state index contributed by atoms with van der Waals surface area (Å²) in [4.78, 5) is 29.6. The molecule has 39 heavy (non-hydrogen) atoms. The van der Waals surface area contributed by atoms with Crippen molar-refractivity contribution in [1.29, 1.82) is 0 Å². The number of halogens is 1. The first-order valence-electron chi connectivity index (χ1n) is 13.2. The molecule has 0 bridgehead atoms. The van der Waals surface area contributed by atoms with Crippen LogP contribution in [0.25, 0.3) is 5.76 Å². The van der Waals surface area contributed by atoms with Gasteiger partial charge in [0.15, 0.2) is 0 Å². The van der Waals surface area contributed by atoms with Gasteiger partial charge >= 0.3 is 0 Å². The minimum Gasteiger partial charge on any atom is -0.507 e. The van der Waals surface area contributed by atoms with Crippen LogP contribution in [0.15, 0.2) is 88.9 Å². The summed E-state index contributed by atoms with van der Waals surface area (Å²) in [5.74, 6) is -0.733. The number of hydrogen-bond acceptors (Lipinski definition) is 5. The van der Waals surface area contributed by atoms with Gasteiger partial charge in [0.05, 0.1) is 31.4 Å². The second-order valence-electron chi connectivity index (χ2n) is 9.81. The molecule has 202 valence electrons. The van der Waals surface area contributed by atoms with E-state index in [1.54, 1.807) is 29.2 Å². The summed E-state index contributed by atoms with van der Waals surface area (Å²) in [7, 11) is 0. The number of rotatable bonds is 9. The number of nitrogens with one attached hydrogen (secondary N) is 1. The van der Waals surface area contributed by atoms with Crippen molar-refractivity contribution < 1.29 is 29.1 Å². The van der Waals surface area contributed by atoms with Crippen LogP contribution in [-0.2, 0) is 20.9 Å². The van der Waals surface area contributed by atoms with Crippen LogP contribution in [0.5, 0.6) is 5.75 Å². The van der Waals surface area contributed by atoms with Gasteiger partial charge in [-0.15, -0.1) is 0 Å². The van der Waals surface area contributed by atoms with E-state index in [0.29, 0.717) is 24.5 Å². The van der Waals surface area contributed by atoms with E-state index in [1.165, 1.54) is 4.90 Å². The second kappa shape index (κ2) is 12.6. The molecule has 8 heteroatoms. The maximum atomic E-state index is 13.3. The number of morpholine rings is 1. The quantitative estimate of drug-likeness (QED) is 0.225. The maximum Gasteiger partial charge on any atom is 0.295 e. The number of ketones is 1. The van der Waals surface area contributed by atoms with Crippen molar-refractivity contribution in [2.24, 2.45) is 0 Å². The standard InChI is InChI=1S/C31H31BrN2O5/c32-25-11-7-24(8-12-25)29(35)27-28(23-9-13-26(14-10-23)39-21-22-5-2-1-3-6-22)34(31(37)30(27)36)16-4-15-33-17-19-38-20-18-33/h1-3,5-14,28,35H,4,15-21H2/p+1/t28-/m1/s1. The zero-order chi connectivity index (χ0) is 27.2. The van der Waals surface area contributed by atoms with Crippen LogP contribution in [0.2, 0.25) is 0 Å². The lowest BCUT2D eigenvalue weighted by Crippen LogP contribution is -3.14. The Morgan fingerprint density at radius 1 is 0.974 bits per heavy atom. The highest BCUT2D eigenvalue weighted by Crippen LogP contribution is 2.40. The van der Waals surface area contributed by atoms with Gasteiger partial charge in [0.2, 0.25) is 0 Å². The normalized spacial score (nSPS) is 19.4. The highest BCUT2D eigenvalue weighted by molar-refractivity contribution is 9.10. The molecule has 2 N–H and O–H groups in total. The molecule has 3 aromatic carbocycles. The third kappa shape index (κ3) is 6.41. The van der Waals surface area contributed by atoms with Gasteiger partial charge in [-0.2, -0.15) is 0 Å². The molecule has 7 nitrogen and oxygen atoms in total. The fraction of sp³-hybridized carbons (Fsp3) is 0.290. The Labute approximate surface area is 236 Å². The molecular formula is C31H32BrN2O5+. The summed E-state index contributed by atoms with van der Waals surface area (Å²) in [6.07, 6.45) is 0.745. The van der Waals surface area contributed by atoms with Crippen LogP contribution in [0.1, 0.15) is 29.2 Å². The van der Waals surface area contributed by atoms with Gasteiger partial charge in [-0.3, -0.25) is 9.59 Å². The van der Waals surface area contributed by atoms with Crippen molar-refractivity contribution in [2.45, 2.75) is 19.1 Å². The van der Waals surface area contributed by atoms with Crippen LogP contribution in [0, 0.1) is 0 Å². The number of aliphatic hydroxyl groups excluding tert-OH is 1. The van der Waals surface area contributed by atoms with Crippen LogP contribution >= 0.6 is 15.9 Å². The van der Waals surface area contributed by atoms with Gasteiger partial charge in [-0.05, 0) is 35.4 Å². The van der Waals surface area contributed by atoms with Crippen molar-refractivity contribution in [2.75, 3.05) is 39.4 Å². The molecule has 0 aromatic heterocycles. The molecule has 2 fully saturated rings. The summed E-state index contributed by atoms with van der Waals surface area (Å²) < 4.78 is 12.2. The largest absolute Gasteiger partial charge is 0.507 e. The summed E-state index contributed by atoms with van der Waals surface area (Å²) in [5.41, 5.74) is 2.41. The van der Waals surface area contributed by atoms with Crippen molar-refractivity contribution >= 4 is 33.4 Å². The number of aliphatic hydroxyl groups is 1. The van der Waals surface area contributed by atoms with Gasteiger partial charge in [0.25, 0.3) is 11.7 Å². The van der Waals surface area contributed by atoms with Crippen LogP contribution in [0.4, 0.5) is 0 Å². The molecule has 2 aliphatic rings. The van der Waals surface area contributed by atoms with Gasteiger partial charge in [-0.25, -0.2) is 0 Å². The highest BCUT2D eigenvalue weighted by atomic mass is 79.9. The van der Waals surface area contributed by atoms with Crippen LogP contribution in [-0.4, -0.2) is 61.1 Å². The first-order valence-corrected chi connectivity index (χ1v) is 14.0. The molecule has 0 aliphatic carbocycles. The van der Waals surface area contributed by atoms with Gasteiger partial charge in [-0.1, -0.05) is 70.5 Å². The number of benzene rings is 3. The second-order valence-corrected chi connectivity index (χ2v) is 10.7. The lowest BCUT2D eigenvalue weighted by Gasteiger charge is -2.27. The average Bonchev–Trinajstić information content (AvgIpc) is 3.22. The maximum absolute atomic E-state index is 13.3. The minimum absolute atomic E-state index is 0.110. The Hall–Kier alpha value is -3.46. The number of carbonyl (C=O) groups is 2. The minimum atomic E-state index is -0.684. The summed E-state index contributed by atoms with van der Waals surface area (Å²) >= 11 is 3.40. The third-order valence-corrected chi connectivity index (χ3v) is 7.76. The van der Waals surface area contributed by atoms with Crippen molar-refractivity contribution in [3.05, 3.63) is 106 Å². The van der Waals surface area contributed by atoms with E-state index in [-0.39, 0.29) is 11.3 Å². The smallest absolute Gasteiger partial charge is 0.295 e. The molecule has 0 unspecified atom stereocenters. The van der Waals surface area contributed by atoms with Gasteiger partial charge in [0.1, 0.15) is 31.2 Å². The first kappa shape index (κ1) is 27.1. The van der Waals surface area contributed by atoms with E-state index in [2.05, 4.69) is 15.9 Å². The predicted octanol–water partition coefficient (Wildman–Crippen LogP) is 3.76. The highest BCUT2D eigenvalue weighted by Gasteiger charge is 2.46. The number of hydrogen-bond donors (Lipinski definition) is 2. The molecule has 1 atom stereocenters. The lowest BCUT2D eigenvalue weighted by molar-refractivity contribution is -0.908. The fourth-order valence-corrected chi connectivity index (χ4v) is 5.38. The van der Waals surface area contributed by atoms with E-state index >= 15 is 0 Å². The van der Waals surface area contributed by atoms with Crippen molar-refractivity contribution in [3.8, 4) is 5.75 Å². The number of Topliss-reactive ketones (excluding diaryl/α,β-unsaturated/α-hetero) is 1. The summed E-state index contributed by atoms with van der Waals surface area (Å²) in [6, 6.07) is 23.7. The van der Waals surface area contributed by atoms with Crippen LogP contribution < -0.4 is 9.64 Å².